The summed E-state index contributed by atoms with van der Waals surface area (Å²) < 4.78 is 22.4. The lowest BCUT2D eigenvalue weighted by molar-refractivity contribution is -0.121. The minimum absolute atomic E-state index is 0.00558. The molecule has 1 aromatic heterocycles. The van der Waals surface area contributed by atoms with Gasteiger partial charge in [0.15, 0.2) is 9.84 Å². The molecule has 0 bridgehead atoms. The van der Waals surface area contributed by atoms with Gasteiger partial charge in [-0.15, -0.1) is 11.3 Å². The molecule has 0 N–H and O–H groups in total. The quantitative estimate of drug-likeness (QED) is 0.786. The molecular weight excluding hydrogens is 234 g/mol. The van der Waals surface area contributed by atoms with Crippen molar-refractivity contribution in [1.82, 2.24) is 4.98 Å². The Labute approximate surface area is 92.3 Å². The van der Waals surface area contributed by atoms with Crippen LogP contribution in [-0.4, -0.2) is 30.7 Å². The van der Waals surface area contributed by atoms with Crippen molar-refractivity contribution >= 4 is 27.0 Å². The molecule has 6 heteroatoms. The molecule has 2 rings (SSSR count). The molecule has 1 saturated heterocycles. The summed E-state index contributed by atoms with van der Waals surface area (Å²) in [5.74, 6) is -0.122. The van der Waals surface area contributed by atoms with Crippen molar-refractivity contribution in [2.24, 2.45) is 5.92 Å². The number of nitrogens with zero attached hydrogens (tertiary/aromatic N) is 1. The van der Waals surface area contributed by atoms with E-state index in [2.05, 4.69) is 4.98 Å². The maximum atomic E-state index is 11.7. The zero-order valence-corrected chi connectivity index (χ0v) is 9.68. The van der Waals surface area contributed by atoms with Crippen molar-refractivity contribution in [2.75, 3.05) is 11.5 Å². The highest BCUT2D eigenvalue weighted by molar-refractivity contribution is 7.91. The van der Waals surface area contributed by atoms with Crippen molar-refractivity contribution in [3.63, 3.8) is 0 Å². The van der Waals surface area contributed by atoms with Crippen molar-refractivity contribution in [1.29, 1.82) is 0 Å². The Morgan fingerprint density at radius 3 is 2.93 bits per heavy atom. The molecule has 1 aromatic rings. The first-order valence-corrected chi connectivity index (χ1v) is 7.38. The van der Waals surface area contributed by atoms with Gasteiger partial charge in [-0.05, 0) is 6.42 Å². The topological polar surface area (TPSA) is 64.1 Å². The van der Waals surface area contributed by atoms with Crippen LogP contribution in [0.15, 0.2) is 11.6 Å². The highest BCUT2D eigenvalue weighted by Crippen LogP contribution is 2.21. The van der Waals surface area contributed by atoms with E-state index in [1.165, 1.54) is 11.3 Å². The average Bonchev–Trinajstić information content (AvgIpc) is 2.74. The number of sulfone groups is 1. The monoisotopic (exact) mass is 245 g/mol. The van der Waals surface area contributed by atoms with Crippen LogP contribution in [0, 0.1) is 5.92 Å². The highest BCUT2D eigenvalue weighted by atomic mass is 32.2. The zero-order valence-electron chi connectivity index (χ0n) is 8.05. The smallest absolute Gasteiger partial charge is 0.151 e. The van der Waals surface area contributed by atoms with E-state index in [0.717, 1.165) is 5.01 Å². The third-order valence-electron chi connectivity index (χ3n) is 2.50. The van der Waals surface area contributed by atoms with Crippen LogP contribution >= 0.6 is 11.3 Å². The predicted molar refractivity (Wildman–Crippen MR) is 57.6 cm³/mol. The molecule has 1 fully saturated rings. The van der Waals surface area contributed by atoms with Crippen molar-refractivity contribution in [3.8, 4) is 0 Å². The predicted octanol–water partition coefficient (Wildman–Crippen LogP) is 0.689. The van der Waals surface area contributed by atoms with Gasteiger partial charge in [-0.25, -0.2) is 13.4 Å². The first kappa shape index (κ1) is 10.8. The van der Waals surface area contributed by atoms with E-state index in [-0.39, 0.29) is 29.6 Å². The fraction of sp³-hybridized carbons (Fsp3) is 0.556. The highest BCUT2D eigenvalue weighted by Gasteiger charge is 2.32. The Morgan fingerprint density at radius 1 is 1.60 bits per heavy atom. The van der Waals surface area contributed by atoms with E-state index in [0.29, 0.717) is 6.42 Å². The number of Topliss-reactive ketones (excluding diaryl/α,β-unsaturated/α-hetero) is 1. The first-order chi connectivity index (χ1) is 7.07. The summed E-state index contributed by atoms with van der Waals surface area (Å²) in [5, 5.41) is 2.58. The Bertz CT molecular complexity index is 450. The molecular formula is C9H11NO3S2. The van der Waals surface area contributed by atoms with Crippen LogP contribution in [0.25, 0.3) is 0 Å². The molecule has 0 aromatic carbocycles. The summed E-state index contributed by atoms with van der Waals surface area (Å²) in [5.41, 5.74) is 0. The van der Waals surface area contributed by atoms with Crippen LogP contribution in [-0.2, 0) is 21.1 Å². The lowest BCUT2D eigenvalue weighted by Crippen LogP contribution is -2.17. The van der Waals surface area contributed by atoms with Crippen molar-refractivity contribution in [3.05, 3.63) is 16.6 Å². The molecule has 0 amide bonds. The summed E-state index contributed by atoms with van der Waals surface area (Å²) in [6.45, 7) is 0. The van der Waals surface area contributed by atoms with Crippen LogP contribution in [0.5, 0.6) is 0 Å². The molecule has 4 nitrogen and oxygen atoms in total. The number of carbonyl (C=O) groups excluding carboxylic acids is 1. The maximum absolute atomic E-state index is 11.7. The third-order valence-corrected chi connectivity index (χ3v) is 5.04. The molecule has 2 heterocycles. The van der Waals surface area contributed by atoms with Gasteiger partial charge in [0.05, 0.1) is 22.9 Å². The Balaban J connectivity index is 1.99. The molecule has 1 unspecified atom stereocenters. The molecule has 1 aliphatic heterocycles. The number of hydrogen-bond donors (Lipinski definition) is 0. The van der Waals surface area contributed by atoms with E-state index in [9.17, 15) is 13.2 Å². The van der Waals surface area contributed by atoms with E-state index in [1.807, 2.05) is 5.38 Å². The molecule has 1 atom stereocenters. The maximum Gasteiger partial charge on any atom is 0.151 e. The van der Waals surface area contributed by atoms with Gasteiger partial charge in [-0.2, -0.15) is 0 Å². The Hall–Kier alpha value is -0.750. The second-order valence-corrected chi connectivity index (χ2v) is 6.88. The lowest BCUT2D eigenvalue weighted by atomic mass is 10.0. The number of ketones is 1. The number of thiazole rings is 1. The first-order valence-electron chi connectivity index (χ1n) is 4.68. The number of carbonyl (C=O) groups is 1. The van der Waals surface area contributed by atoms with Gasteiger partial charge in [-0.3, -0.25) is 4.79 Å². The molecule has 15 heavy (non-hydrogen) atoms. The fourth-order valence-electron chi connectivity index (χ4n) is 1.68. The van der Waals surface area contributed by atoms with Crippen LogP contribution in [0.2, 0.25) is 0 Å². The molecule has 0 radical (unpaired) electrons. The molecule has 0 spiro atoms. The van der Waals surface area contributed by atoms with Gasteiger partial charge in [-0.1, -0.05) is 0 Å². The summed E-state index contributed by atoms with van der Waals surface area (Å²) in [4.78, 5) is 15.7. The van der Waals surface area contributed by atoms with E-state index in [4.69, 9.17) is 0 Å². The summed E-state index contributed by atoms with van der Waals surface area (Å²) in [6.07, 6.45) is 2.41. The largest absolute Gasteiger partial charge is 0.299 e. The summed E-state index contributed by atoms with van der Waals surface area (Å²) in [7, 11) is -2.96. The summed E-state index contributed by atoms with van der Waals surface area (Å²) >= 11 is 1.43. The van der Waals surface area contributed by atoms with Crippen LogP contribution in [0.4, 0.5) is 0 Å². The third kappa shape index (κ3) is 2.63. The van der Waals surface area contributed by atoms with E-state index < -0.39 is 9.84 Å². The van der Waals surface area contributed by atoms with Gasteiger partial charge in [0.2, 0.25) is 0 Å². The number of hydrogen-bond acceptors (Lipinski definition) is 5. The lowest BCUT2D eigenvalue weighted by Gasteiger charge is -2.03. The minimum Gasteiger partial charge on any atom is -0.299 e. The SMILES string of the molecule is O=C(Cc1nccs1)C1CCS(=O)(=O)C1. The molecule has 0 saturated carbocycles. The zero-order chi connectivity index (χ0) is 10.9. The van der Waals surface area contributed by atoms with Crippen molar-refractivity contribution < 1.29 is 13.2 Å². The summed E-state index contributed by atoms with van der Waals surface area (Å²) in [6, 6.07) is 0. The number of aromatic nitrogens is 1. The average molecular weight is 245 g/mol. The van der Waals surface area contributed by atoms with Crippen molar-refractivity contribution in [2.45, 2.75) is 12.8 Å². The minimum atomic E-state index is -2.96. The van der Waals surface area contributed by atoms with Gasteiger partial charge in [0, 0.05) is 17.5 Å². The molecule has 0 aliphatic carbocycles. The second kappa shape index (κ2) is 4.02. The molecule has 82 valence electrons. The van der Waals surface area contributed by atoms with Crippen LogP contribution in [0.1, 0.15) is 11.4 Å². The van der Waals surface area contributed by atoms with Gasteiger partial charge >= 0.3 is 0 Å². The Kier molecular flexibility index (Phi) is 2.88. The van der Waals surface area contributed by atoms with Gasteiger partial charge in [0.25, 0.3) is 0 Å². The Morgan fingerprint density at radius 2 is 2.40 bits per heavy atom. The molecule has 1 aliphatic rings. The van der Waals surface area contributed by atoms with Gasteiger partial charge < -0.3 is 0 Å². The normalized spacial score (nSPS) is 24.1. The van der Waals surface area contributed by atoms with Gasteiger partial charge in [0.1, 0.15) is 5.78 Å². The number of rotatable bonds is 3. The standard InChI is InChI=1S/C9H11NO3S2/c11-8(5-9-10-2-3-14-9)7-1-4-15(12,13)6-7/h2-3,7H,1,4-6H2. The van der Waals surface area contributed by atoms with Crippen LogP contribution < -0.4 is 0 Å². The van der Waals surface area contributed by atoms with E-state index in [1.54, 1.807) is 6.20 Å². The second-order valence-electron chi connectivity index (χ2n) is 3.67. The fourth-order valence-corrected chi connectivity index (χ4v) is 4.08. The van der Waals surface area contributed by atoms with E-state index >= 15 is 0 Å². The van der Waals surface area contributed by atoms with Crippen LogP contribution in [0.3, 0.4) is 0 Å².